The third kappa shape index (κ3) is 17.5. The van der Waals surface area contributed by atoms with Gasteiger partial charge in [0.05, 0.1) is 17.1 Å². The van der Waals surface area contributed by atoms with E-state index in [-0.39, 0.29) is 0 Å². The Bertz CT molecular complexity index is 2300. The Balaban J connectivity index is 0.000000390. The highest BCUT2D eigenvalue weighted by molar-refractivity contribution is 7.11. The second-order valence-electron chi connectivity index (χ2n) is 17.3. The Morgan fingerprint density at radius 3 is 0.794 bits per heavy atom. The van der Waals surface area contributed by atoms with Crippen molar-refractivity contribution in [3.8, 4) is 0 Å². The van der Waals surface area contributed by atoms with Crippen LogP contribution in [0.1, 0.15) is 129 Å². The lowest BCUT2D eigenvalue weighted by Gasteiger charge is -1.98. The van der Waals surface area contributed by atoms with Gasteiger partial charge in [0.2, 0.25) is 0 Å². The van der Waals surface area contributed by atoms with Gasteiger partial charge in [0, 0.05) is 75.1 Å². The van der Waals surface area contributed by atoms with Gasteiger partial charge in [0.1, 0.15) is 43.9 Å². The van der Waals surface area contributed by atoms with Gasteiger partial charge in [-0.25, -0.2) is 19.6 Å². The fraction of sp³-hybridized carbons (Fsp3) is 0.549. The highest BCUT2D eigenvalue weighted by Crippen LogP contribution is 2.19. The van der Waals surface area contributed by atoms with Gasteiger partial charge in [-0.15, -0.1) is 21.5 Å². The van der Waals surface area contributed by atoms with Gasteiger partial charge in [-0.1, -0.05) is 10.3 Å². The molecule has 376 valence electrons. The van der Waals surface area contributed by atoms with E-state index >= 15 is 0 Å². The molecule has 0 bridgehead atoms. The van der Waals surface area contributed by atoms with Crippen molar-refractivity contribution >= 4 is 22.9 Å². The molecule has 0 aliphatic rings. The molecule has 17 heteroatoms. The highest BCUT2D eigenvalue weighted by Gasteiger charge is 2.08. The zero-order chi connectivity index (χ0) is 52.7. The first-order chi connectivity index (χ1) is 31.4. The van der Waals surface area contributed by atoms with E-state index in [4.69, 9.17) is 0 Å². The number of rotatable bonds is 0. The Morgan fingerprint density at radius 2 is 0.706 bits per heavy atom. The van der Waals surface area contributed by atoms with Gasteiger partial charge in [0.15, 0.2) is 0 Å². The van der Waals surface area contributed by atoms with E-state index < -0.39 is 0 Å². The first-order valence-electron chi connectivity index (χ1n) is 22.7. The monoisotopic (exact) mass is 973 g/mol. The molecule has 0 N–H and O–H groups in total. The molecule has 0 saturated heterocycles. The van der Waals surface area contributed by atoms with Crippen LogP contribution in [0.4, 0.5) is 0 Å². The average Bonchev–Trinajstić information content (AvgIpc) is 4.16. The highest BCUT2D eigenvalue weighted by atomic mass is 32.1. The van der Waals surface area contributed by atoms with Crippen molar-refractivity contribution in [1.82, 2.24) is 67.9 Å². The largest absolute Gasteiger partial charge is 0.352 e. The van der Waals surface area contributed by atoms with Crippen molar-refractivity contribution in [1.29, 1.82) is 0 Å². The third-order valence-electron chi connectivity index (χ3n) is 13.0. The van der Waals surface area contributed by atoms with Crippen molar-refractivity contribution in [2.24, 2.45) is 35.2 Å². The van der Waals surface area contributed by atoms with E-state index in [2.05, 4.69) is 165 Å². The summed E-state index contributed by atoms with van der Waals surface area (Å²) in [7, 11) is 10.3. The summed E-state index contributed by atoms with van der Waals surface area (Å²) in [5.74, 6) is 3.05. The maximum Gasteiger partial charge on any atom is 0.139 e. The standard InChI is InChI=1S/2C9H15N.3C7H12N2.C4H6N2O.2C4H6N2S/c2*1-6-7(2)9(4)10(5)8(6)3;2*1-5-6(2)9(4)7(3)8-5;1-5-6(2)8-9(4)7(5)3;1-3-4(2)6-7-5-3;1-3-5-6-4(2)7-3;1-3-5-4(2)7-6-3/h2*1-5H3;3*1-4H3;3*1-2H3. The number of hydrogen-bond acceptors (Lipinski definition) is 12. The van der Waals surface area contributed by atoms with Crippen molar-refractivity contribution in [3.63, 3.8) is 0 Å². The van der Waals surface area contributed by atoms with Crippen LogP contribution in [0.3, 0.4) is 0 Å². The summed E-state index contributed by atoms with van der Waals surface area (Å²) in [6.07, 6.45) is 0. The van der Waals surface area contributed by atoms with E-state index in [1.807, 2.05) is 102 Å². The molecule has 8 rings (SSSR count). The van der Waals surface area contributed by atoms with Gasteiger partial charge in [-0.2, -0.15) is 9.47 Å². The second-order valence-corrected chi connectivity index (χ2v) is 19.6. The Hall–Kier alpha value is -5.55. The minimum atomic E-state index is 0.861. The first kappa shape index (κ1) is 60.5. The summed E-state index contributed by atoms with van der Waals surface area (Å²) < 4.78 is 18.9. The topological polar surface area (TPSA) is 154 Å². The summed E-state index contributed by atoms with van der Waals surface area (Å²) >= 11 is 3.06. The van der Waals surface area contributed by atoms with E-state index in [1.54, 1.807) is 11.3 Å². The Labute approximate surface area is 416 Å². The van der Waals surface area contributed by atoms with Crippen molar-refractivity contribution < 1.29 is 4.63 Å². The smallest absolute Gasteiger partial charge is 0.139 e. The quantitative estimate of drug-likeness (QED) is 0.143. The second kappa shape index (κ2) is 27.4. The van der Waals surface area contributed by atoms with Gasteiger partial charge in [-0.3, -0.25) is 4.68 Å². The fourth-order valence-electron chi connectivity index (χ4n) is 6.31. The van der Waals surface area contributed by atoms with Crippen molar-refractivity contribution in [3.05, 3.63) is 129 Å². The first-order valence-corrected chi connectivity index (χ1v) is 24.3. The zero-order valence-electron chi connectivity index (χ0n) is 47.0. The third-order valence-corrected chi connectivity index (χ3v) is 14.5. The molecular formula is C51H84N14OS2. The molecule has 0 aromatic carbocycles. The predicted octanol–water partition coefficient (Wildman–Crippen LogP) is 11.5. The molecule has 0 aliphatic carbocycles. The zero-order valence-corrected chi connectivity index (χ0v) is 48.6. The summed E-state index contributed by atoms with van der Waals surface area (Å²) in [5.41, 5.74) is 21.5. The molecule has 15 nitrogen and oxygen atoms in total. The van der Waals surface area contributed by atoms with Crippen LogP contribution < -0.4 is 0 Å². The maximum absolute atomic E-state index is 4.34. The molecule has 0 spiro atoms. The molecule has 8 heterocycles. The Morgan fingerprint density at radius 1 is 0.353 bits per heavy atom. The van der Waals surface area contributed by atoms with E-state index in [0.717, 1.165) is 61.0 Å². The average molecular weight is 973 g/mol. The molecule has 8 aromatic heterocycles. The number of aromatic nitrogens is 14. The number of aryl methyl sites for hydroxylation is 12. The van der Waals surface area contributed by atoms with E-state index in [1.165, 1.54) is 79.2 Å². The molecule has 0 unspecified atom stereocenters. The molecule has 0 radical (unpaired) electrons. The van der Waals surface area contributed by atoms with Crippen LogP contribution in [0.5, 0.6) is 0 Å². The summed E-state index contributed by atoms with van der Waals surface area (Å²) in [6, 6.07) is 0. The lowest BCUT2D eigenvalue weighted by molar-refractivity contribution is 0.302. The molecular weight excluding hydrogens is 889 g/mol. The van der Waals surface area contributed by atoms with Gasteiger partial charge < -0.3 is 18.3 Å². The minimum Gasteiger partial charge on any atom is -0.352 e. The van der Waals surface area contributed by atoms with Crippen LogP contribution in [0.25, 0.3) is 0 Å². The Kier molecular flexibility index (Phi) is 24.4. The molecule has 0 fully saturated rings. The molecule has 8 aromatic rings. The summed E-state index contributed by atoms with van der Waals surface area (Å²) in [5, 5.41) is 22.0. The summed E-state index contributed by atoms with van der Waals surface area (Å²) in [4.78, 5) is 12.6. The van der Waals surface area contributed by atoms with Crippen molar-refractivity contribution in [2.45, 2.75) is 159 Å². The van der Waals surface area contributed by atoms with Gasteiger partial charge >= 0.3 is 0 Å². The van der Waals surface area contributed by atoms with E-state index in [0.29, 0.717) is 0 Å². The van der Waals surface area contributed by atoms with Crippen LogP contribution in [0.2, 0.25) is 0 Å². The molecule has 0 amide bonds. The fourth-order valence-corrected chi connectivity index (χ4v) is 7.38. The molecule has 68 heavy (non-hydrogen) atoms. The van der Waals surface area contributed by atoms with Crippen molar-refractivity contribution in [2.75, 3.05) is 0 Å². The molecule has 0 atom stereocenters. The van der Waals surface area contributed by atoms with Crippen LogP contribution in [0.15, 0.2) is 4.63 Å². The van der Waals surface area contributed by atoms with Crippen LogP contribution >= 0.6 is 22.9 Å². The lowest BCUT2D eigenvalue weighted by Crippen LogP contribution is -1.92. The molecule has 0 aliphatic heterocycles. The maximum atomic E-state index is 4.34. The SMILES string of the molecule is Cc1c(C)c(C)n(C)c1C.Cc1c(C)c(C)n(C)c1C.Cc1nc(C)n(C)c1C.Cc1nc(C)n(C)c1C.Cc1nn(C)c(C)c1C.Cc1nnc(C)s1.Cc1nonc1C.Cc1nsc(C)n1. The van der Waals surface area contributed by atoms with Crippen LogP contribution in [-0.2, 0) is 35.2 Å². The lowest BCUT2D eigenvalue weighted by atomic mass is 10.2. The van der Waals surface area contributed by atoms with Gasteiger partial charge in [0.25, 0.3) is 0 Å². The number of imidazole rings is 2. The minimum absolute atomic E-state index is 0.861. The number of nitrogens with zero attached hydrogens (tertiary/aromatic N) is 14. The number of hydrogen-bond donors (Lipinski definition) is 0. The summed E-state index contributed by atoms with van der Waals surface area (Å²) in [6.45, 7) is 47.3. The normalized spacial score (nSPS) is 10.1. The van der Waals surface area contributed by atoms with E-state index in [9.17, 15) is 0 Å². The van der Waals surface area contributed by atoms with Crippen LogP contribution in [0, 0.1) is 159 Å². The van der Waals surface area contributed by atoms with Gasteiger partial charge in [-0.05, 0) is 199 Å². The predicted molar refractivity (Wildman–Crippen MR) is 284 cm³/mol. The van der Waals surface area contributed by atoms with Crippen LogP contribution in [-0.4, -0.2) is 67.9 Å². The molecule has 0 saturated carbocycles.